The molecule has 0 N–H and O–H groups in total. The topological polar surface area (TPSA) is 65.1 Å². The Morgan fingerprint density at radius 2 is 1.60 bits per heavy atom. The molecule has 0 bridgehead atoms. The van der Waals surface area contributed by atoms with Gasteiger partial charge >= 0.3 is 6.09 Å². The quantitative estimate of drug-likeness (QED) is 0.693. The van der Waals surface area contributed by atoms with Gasteiger partial charge < -0.3 is 14.2 Å². The fourth-order valence-corrected chi connectivity index (χ4v) is 4.53. The minimum absolute atomic E-state index is 0.303. The van der Waals surface area contributed by atoms with Crippen molar-refractivity contribution in [1.82, 2.24) is 0 Å². The zero-order valence-corrected chi connectivity index (χ0v) is 18.4. The third-order valence-corrected chi connectivity index (χ3v) is 5.83. The number of methoxy groups -OCH3 is 2. The van der Waals surface area contributed by atoms with Crippen LogP contribution in [0.5, 0.6) is 11.5 Å². The zero-order chi connectivity index (χ0) is 21.8. The maximum atomic E-state index is 13.7. The molecule has 0 atom stereocenters. The first-order valence-corrected chi connectivity index (χ1v) is 10.1. The van der Waals surface area contributed by atoms with E-state index in [0.717, 1.165) is 21.6 Å². The summed E-state index contributed by atoms with van der Waals surface area (Å²) in [7, 11) is 3.16. The van der Waals surface area contributed by atoms with Gasteiger partial charge in [-0.05, 0) is 80.6 Å². The normalized spacial score (nSPS) is 16.5. The van der Waals surface area contributed by atoms with Crippen LogP contribution in [0.15, 0.2) is 30.3 Å². The molecule has 2 aliphatic rings. The van der Waals surface area contributed by atoms with Crippen molar-refractivity contribution in [2.24, 2.45) is 0 Å². The van der Waals surface area contributed by atoms with Crippen LogP contribution in [-0.4, -0.2) is 31.8 Å². The van der Waals surface area contributed by atoms with Crippen LogP contribution >= 0.6 is 11.6 Å². The number of nitrogens with zero attached hydrogens (tertiary/aromatic N) is 1. The van der Waals surface area contributed by atoms with Gasteiger partial charge in [-0.25, -0.2) is 9.69 Å². The van der Waals surface area contributed by atoms with Crippen LogP contribution in [-0.2, 0) is 27.8 Å². The van der Waals surface area contributed by atoms with E-state index in [-0.39, 0.29) is 5.91 Å². The number of halogens is 1. The van der Waals surface area contributed by atoms with Crippen molar-refractivity contribution in [3.63, 3.8) is 0 Å². The second-order valence-electron chi connectivity index (χ2n) is 8.69. The molecule has 7 heteroatoms. The van der Waals surface area contributed by atoms with E-state index in [1.165, 1.54) is 0 Å². The molecule has 0 aromatic heterocycles. The Hall–Kier alpha value is -2.73. The number of carbonyl (C=O) groups excluding carboxylic acids is 2. The Balaban J connectivity index is 1.82. The molecular formula is C23H24ClNO5. The first kappa shape index (κ1) is 20.5. The van der Waals surface area contributed by atoms with E-state index in [1.54, 1.807) is 53.2 Å². The molecule has 6 nitrogen and oxygen atoms in total. The van der Waals surface area contributed by atoms with Crippen molar-refractivity contribution in [3.8, 4) is 11.5 Å². The molecule has 1 spiro atoms. The summed E-state index contributed by atoms with van der Waals surface area (Å²) in [5.74, 6) is 0.909. The summed E-state index contributed by atoms with van der Waals surface area (Å²) in [6, 6.07) is 8.96. The van der Waals surface area contributed by atoms with Crippen molar-refractivity contribution in [3.05, 3.63) is 52.0 Å². The smallest absolute Gasteiger partial charge is 0.421 e. The van der Waals surface area contributed by atoms with Crippen molar-refractivity contribution in [2.45, 2.75) is 44.6 Å². The number of carbonyl (C=O) groups is 2. The minimum Gasteiger partial charge on any atom is -0.493 e. The summed E-state index contributed by atoms with van der Waals surface area (Å²) >= 11 is 6.29. The molecule has 30 heavy (non-hydrogen) atoms. The summed E-state index contributed by atoms with van der Waals surface area (Å²) in [6.45, 7) is 5.32. The van der Waals surface area contributed by atoms with Crippen LogP contribution in [0.4, 0.5) is 10.5 Å². The van der Waals surface area contributed by atoms with Crippen LogP contribution in [0.2, 0.25) is 5.02 Å². The first-order chi connectivity index (χ1) is 14.1. The van der Waals surface area contributed by atoms with E-state index < -0.39 is 17.1 Å². The summed E-state index contributed by atoms with van der Waals surface area (Å²) in [5, 5.41) is 0.512. The van der Waals surface area contributed by atoms with Gasteiger partial charge in [-0.2, -0.15) is 0 Å². The summed E-state index contributed by atoms with van der Waals surface area (Å²) < 4.78 is 16.4. The molecule has 1 aliphatic heterocycles. The fraction of sp³-hybridized carbons (Fsp3) is 0.391. The van der Waals surface area contributed by atoms with Crippen LogP contribution in [0.3, 0.4) is 0 Å². The molecule has 1 aliphatic carbocycles. The Labute approximate surface area is 180 Å². The largest absolute Gasteiger partial charge is 0.493 e. The van der Waals surface area contributed by atoms with E-state index in [1.807, 2.05) is 12.1 Å². The second kappa shape index (κ2) is 6.91. The number of hydrogen-bond acceptors (Lipinski definition) is 5. The standard InChI is InChI=1S/C23H24ClNO5/c1-22(2,3)30-21(27)25-17-7-6-15(24)10-16(17)23(20(25)26)11-13-8-18(28-4)19(29-5)9-14(13)12-23/h6-10H,11-12H2,1-5H3. The third kappa shape index (κ3) is 3.10. The summed E-state index contributed by atoms with van der Waals surface area (Å²) in [4.78, 5) is 27.8. The van der Waals surface area contributed by atoms with Gasteiger partial charge in [0, 0.05) is 5.02 Å². The number of imide groups is 1. The molecule has 4 rings (SSSR count). The highest BCUT2D eigenvalue weighted by Gasteiger charge is 2.56. The molecule has 2 aromatic carbocycles. The highest BCUT2D eigenvalue weighted by Crippen LogP contribution is 2.52. The maximum absolute atomic E-state index is 13.7. The maximum Gasteiger partial charge on any atom is 0.421 e. The van der Waals surface area contributed by atoms with Gasteiger partial charge in [-0.15, -0.1) is 0 Å². The molecule has 1 heterocycles. The van der Waals surface area contributed by atoms with Gasteiger partial charge in [-0.1, -0.05) is 11.6 Å². The molecule has 2 aromatic rings. The molecule has 2 amide bonds. The van der Waals surface area contributed by atoms with Gasteiger partial charge in [0.2, 0.25) is 5.91 Å². The van der Waals surface area contributed by atoms with E-state index in [9.17, 15) is 9.59 Å². The molecular weight excluding hydrogens is 406 g/mol. The van der Waals surface area contributed by atoms with Gasteiger partial charge in [0.15, 0.2) is 11.5 Å². The van der Waals surface area contributed by atoms with Crippen LogP contribution < -0.4 is 14.4 Å². The van der Waals surface area contributed by atoms with E-state index in [4.69, 9.17) is 25.8 Å². The molecule has 0 fully saturated rings. The highest BCUT2D eigenvalue weighted by atomic mass is 35.5. The van der Waals surface area contributed by atoms with Crippen LogP contribution in [0.25, 0.3) is 0 Å². The minimum atomic E-state index is -0.920. The predicted molar refractivity (Wildman–Crippen MR) is 114 cm³/mol. The van der Waals surface area contributed by atoms with Crippen molar-refractivity contribution in [1.29, 1.82) is 0 Å². The Morgan fingerprint density at radius 1 is 1.03 bits per heavy atom. The lowest BCUT2D eigenvalue weighted by Gasteiger charge is -2.25. The van der Waals surface area contributed by atoms with E-state index >= 15 is 0 Å². The molecule has 0 radical (unpaired) electrons. The van der Waals surface area contributed by atoms with Gasteiger partial charge in [0.05, 0.1) is 25.3 Å². The third-order valence-electron chi connectivity index (χ3n) is 5.59. The molecule has 0 saturated heterocycles. The van der Waals surface area contributed by atoms with Crippen LogP contribution in [0.1, 0.15) is 37.5 Å². The monoisotopic (exact) mass is 429 g/mol. The lowest BCUT2D eigenvalue weighted by molar-refractivity contribution is -0.122. The lowest BCUT2D eigenvalue weighted by Crippen LogP contribution is -2.45. The van der Waals surface area contributed by atoms with Gasteiger partial charge in [0.1, 0.15) is 5.60 Å². The highest BCUT2D eigenvalue weighted by molar-refractivity contribution is 6.31. The Bertz CT molecular complexity index is 1020. The number of benzene rings is 2. The molecule has 0 unspecified atom stereocenters. The average molecular weight is 430 g/mol. The van der Waals surface area contributed by atoms with Crippen molar-refractivity contribution in [2.75, 3.05) is 19.1 Å². The second-order valence-corrected chi connectivity index (χ2v) is 9.13. The Morgan fingerprint density at radius 3 is 2.10 bits per heavy atom. The number of hydrogen-bond donors (Lipinski definition) is 0. The zero-order valence-electron chi connectivity index (χ0n) is 17.7. The molecule has 0 saturated carbocycles. The summed E-state index contributed by atoms with van der Waals surface area (Å²) in [5.41, 5.74) is 1.58. The lowest BCUT2D eigenvalue weighted by atomic mass is 9.79. The van der Waals surface area contributed by atoms with Crippen molar-refractivity contribution < 1.29 is 23.8 Å². The number of fused-ring (bicyclic) bond motifs is 3. The number of rotatable bonds is 2. The van der Waals surface area contributed by atoms with Gasteiger partial charge in [-0.3, -0.25) is 4.79 Å². The Kier molecular flexibility index (Phi) is 4.73. The van der Waals surface area contributed by atoms with E-state index in [0.29, 0.717) is 35.1 Å². The average Bonchev–Trinajstić information content (AvgIpc) is 3.15. The fourth-order valence-electron chi connectivity index (χ4n) is 4.36. The van der Waals surface area contributed by atoms with E-state index in [2.05, 4.69) is 0 Å². The van der Waals surface area contributed by atoms with Crippen molar-refractivity contribution >= 4 is 29.3 Å². The number of ether oxygens (including phenoxy) is 3. The van der Waals surface area contributed by atoms with Gasteiger partial charge in [0.25, 0.3) is 0 Å². The first-order valence-electron chi connectivity index (χ1n) is 9.71. The van der Waals surface area contributed by atoms with Crippen LogP contribution in [0, 0.1) is 0 Å². The predicted octanol–water partition coefficient (Wildman–Crippen LogP) is 4.68. The summed E-state index contributed by atoms with van der Waals surface area (Å²) in [6.07, 6.45) is 0.196. The SMILES string of the molecule is COc1cc2c(cc1OC)CC1(C2)C(=O)N(C(=O)OC(C)(C)C)c2ccc(Cl)cc21. The molecule has 158 valence electrons. The number of amides is 2. The number of anilines is 1.